The fraction of sp³-hybridized carbons (Fsp3) is 0.304. The molecule has 0 aromatic heterocycles. The quantitative estimate of drug-likeness (QED) is 0.312. The van der Waals surface area contributed by atoms with Gasteiger partial charge in [0.1, 0.15) is 24.7 Å². The Morgan fingerprint density at radius 3 is 2.26 bits per heavy atom. The van der Waals surface area contributed by atoms with Gasteiger partial charge in [0.15, 0.2) is 0 Å². The topological polar surface area (TPSA) is 120 Å². The Balaban J connectivity index is 0.000000762. The minimum atomic E-state index is -5.08. The Morgan fingerprint density at radius 2 is 1.71 bits per heavy atom. The van der Waals surface area contributed by atoms with Crippen LogP contribution in [0.1, 0.15) is 17.3 Å². The standard InChI is InChI=1S/C21H25FN2O4.C2HF3O2/c1-2-26-10-11-27-20-5-3-4-18(12-20)24-21(25)17-6-8-19(9-7-17)28-15-16(13-22)14-23;3-2(4,5)1(6)7/h3-9,12-13H,2,10-11,14-15,23H2,1H3,(H,24,25);(H,6,7)/b16-13+;. The Bertz CT molecular complexity index is 965. The van der Waals surface area contributed by atoms with Gasteiger partial charge >= 0.3 is 12.1 Å². The third-order valence-corrected chi connectivity index (χ3v) is 3.99. The van der Waals surface area contributed by atoms with Crippen molar-refractivity contribution in [2.24, 2.45) is 5.73 Å². The van der Waals surface area contributed by atoms with E-state index in [1.54, 1.807) is 42.5 Å². The molecule has 192 valence electrons. The molecular weight excluding hydrogens is 476 g/mol. The van der Waals surface area contributed by atoms with E-state index in [2.05, 4.69) is 5.32 Å². The highest BCUT2D eigenvalue weighted by molar-refractivity contribution is 6.04. The monoisotopic (exact) mass is 502 g/mol. The maximum atomic E-state index is 12.5. The molecule has 0 unspecified atom stereocenters. The van der Waals surface area contributed by atoms with Gasteiger partial charge in [-0.25, -0.2) is 9.18 Å². The normalized spacial score (nSPS) is 11.2. The third-order valence-electron chi connectivity index (χ3n) is 3.99. The van der Waals surface area contributed by atoms with Gasteiger partial charge in [-0.3, -0.25) is 4.79 Å². The first-order chi connectivity index (χ1) is 16.6. The number of anilines is 1. The number of carbonyl (C=O) groups excluding carboxylic acids is 1. The molecule has 12 heteroatoms. The van der Waals surface area contributed by atoms with Gasteiger partial charge < -0.3 is 30.4 Å². The van der Waals surface area contributed by atoms with E-state index in [-0.39, 0.29) is 19.1 Å². The first-order valence-corrected chi connectivity index (χ1v) is 10.2. The van der Waals surface area contributed by atoms with Gasteiger partial charge in [-0.05, 0) is 43.3 Å². The smallest absolute Gasteiger partial charge is 0.490 e. The van der Waals surface area contributed by atoms with Gasteiger partial charge in [-0.1, -0.05) is 6.07 Å². The van der Waals surface area contributed by atoms with Crippen LogP contribution in [0.5, 0.6) is 11.5 Å². The second-order valence-electron chi connectivity index (χ2n) is 6.61. The molecule has 2 aromatic carbocycles. The number of halogens is 4. The molecular formula is C23H26F4N2O6. The lowest BCUT2D eigenvalue weighted by molar-refractivity contribution is -0.192. The number of carboxylic acids is 1. The van der Waals surface area contributed by atoms with Crippen LogP contribution in [0.2, 0.25) is 0 Å². The Kier molecular flexibility index (Phi) is 12.8. The maximum absolute atomic E-state index is 12.5. The van der Waals surface area contributed by atoms with Crippen LogP contribution in [0.4, 0.5) is 23.2 Å². The summed E-state index contributed by atoms with van der Waals surface area (Å²) in [6.45, 7) is 3.67. The molecule has 4 N–H and O–H groups in total. The van der Waals surface area contributed by atoms with Crippen LogP contribution in [-0.2, 0) is 9.53 Å². The number of benzene rings is 2. The van der Waals surface area contributed by atoms with Crippen molar-refractivity contribution in [2.75, 3.05) is 38.3 Å². The third kappa shape index (κ3) is 11.9. The molecule has 0 radical (unpaired) electrons. The number of rotatable bonds is 11. The van der Waals surface area contributed by atoms with E-state index < -0.39 is 12.1 Å². The van der Waals surface area contributed by atoms with Crippen molar-refractivity contribution in [1.29, 1.82) is 0 Å². The molecule has 0 aliphatic carbocycles. The molecule has 0 heterocycles. The average Bonchev–Trinajstić information content (AvgIpc) is 2.83. The molecule has 35 heavy (non-hydrogen) atoms. The first kappa shape index (κ1) is 29.4. The number of nitrogens with one attached hydrogen (secondary N) is 1. The summed E-state index contributed by atoms with van der Waals surface area (Å²) in [5, 5.41) is 9.95. The molecule has 2 aromatic rings. The first-order valence-electron chi connectivity index (χ1n) is 10.2. The summed E-state index contributed by atoms with van der Waals surface area (Å²) in [7, 11) is 0. The minimum absolute atomic E-state index is 0.0641. The summed E-state index contributed by atoms with van der Waals surface area (Å²) in [6.07, 6.45) is -4.64. The van der Waals surface area contributed by atoms with Crippen LogP contribution in [0, 0.1) is 0 Å². The van der Waals surface area contributed by atoms with Gasteiger partial charge in [0.25, 0.3) is 5.91 Å². The second-order valence-corrected chi connectivity index (χ2v) is 6.61. The molecule has 0 saturated heterocycles. The number of ether oxygens (including phenoxy) is 3. The highest BCUT2D eigenvalue weighted by atomic mass is 19.4. The highest BCUT2D eigenvalue weighted by Gasteiger charge is 2.38. The van der Waals surface area contributed by atoms with Crippen molar-refractivity contribution in [1.82, 2.24) is 0 Å². The molecule has 8 nitrogen and oxygen atoms in total. The van der Waals surface area contributed by atoms with Crippen LogP contribution in [0.25, 0.3) is 0 Å². The lowest BCUT2D eigenvalue weighted by Crippen LogP contribution is -2.21. The molecule has 0 bridgehead atoms. The van der Waals surface area contributed by atoms with Crippen LogP contribution >= 0.6 is 0 Å². The summed E-state index contributed by atoms with van der Waals surface area (Å²) in [6, 6.07) is 13.7. The molecule has 0 atom stereocenters. The van der Waals surface area contributed by atoms with Crippen molar-refractivity contribution < 1.29 is 46.5 Å². The number of alkyl halides is 3. The summed E-state index contributed by atoms with van der Waals surface area (Å²) in [5.41, 5.74) is 6.82. The predicted molar refractivity (Wildman–Crippen MR) is 120 cm³/mol. The second kappa shape index (κ2) is 15.3. The Morgan fingerprint density at radius 1 is 1.06 bits per heavy atom. The van der Waals surface area contributed by atoms with E-state index in [4.69, 9.17) is 29.8 Å². The molecule has 1 amide bonds. The van der Waals surface area contributed by atoms with Gasteiger partial charge in [0.05, 0.1) is 12.9 Å². The Labute approximate surface area is 199 Å². The van der Waals surface area contributed by atoms with Crippen molar-refractivity contribution in [3.8, 4) is 11.5 Å². The summed E-state index contributed by atoms with van der Waals surface area (Å²) >= 11 is 0. The number of amides is 1. The van der Waals surface area contributed by atoms with Gasteiger partial charge in [-0.2, -0.15) is 13.2 Å². The zero-order valence-electron chi connectivity index (χ0n) is 18.8. The van der Waals surface area contributed by atoms with Gasteiger partial charge in [0, 0.05) is 36.0 Å². The SMILES string of the molecule is CCOCCOc1cccc(NC(=O)c2ccc(OC/C(=C/F)CN)cc2)c1.O=C(O)C(F)(F)F. The molecule has 0 aliphatic heterocycles. The fourth-order valence-corrected chi connectivity index (χ4v) is 2.24. The van der Waals surface area contributed by atoms with E-state index in [9.17, 15) is 22.4 Å². The predicted octanol–water partition coefficient (Wildman–Crippen LogP) is 4.18. The zero-order chi connectivity index (χ0) is 26.3. The van der Waals surface area contributed by atoms with E-state index in [1.165, 1.54) is 0 Å². The Hall–Kier alpha value is -3.64. The zero-order valence-corrected chi connectivity index (χ0v) is 18.8. The number of carboxylic acid groups (broad SMARTS) is 1. The number of carbonyl (C=O) groups is 2. The fourth-order valence-electron chi connectivity index (χ4n) is 2.24. The number of nitrogens with two attached hydrogens (primary N) is 1. The van der Waals surface area contributed by atoms with Crippen molar-refractivity contribution in [2.45, 2.75) is 13.1 Å². The minimum Gasteiger partial charge on any atom is -0.491 e. The van der Waals surface area contributed by atoms with Crippen molar-refractivity contribution in [3.63, 3.8) is 0 Å². The van der Waals surface area contributed by atoms with E-state index in [1.807, 2.05) is 13.0 Å². The largest absolute Gasteiger partial charge is 0.491 e. The van der Waals surface area contributed by atoms with Crippen LogP contribution in [0.15, 0.2) is 60.4 Å². The lowest BCUT2D eigenvalue weighted by Gasteiger charge is -2.10. The summed E-state index contributed by atoms with van der Waals surface area (Å²) < 4.78 is 60.5. The molecule has 0 fully saturated rings. The molecule has 0 saturated carbocycles. The maximum Gasteiger partial charge on any atom is 0.490 e. The molecule has 0 spiro atoms. The molecule has 2 rings (SSSR count). The highest BCUT2D eigenvalue weighted by Crippen LogP contribution is 2.19. The van der Waals surface area contributed by atoms with Crippen LogP contribution in [-0.4, -0.2) is 56.1 Å². The summed E-state index contributed by atoms with van der Waals surface area (Å²) in [4.78, 5) is 21.3. The van der Waals surface area contributed by atoms with E-state index in [0.29, 0.717) is 54.5 Å². The molecule has 0 aliphatic rings. The number of hydrogen-bond acceptors (Lipinski definition) is 6. The number of hydrogen-bond donors (Lipinski definition) is 3. The van der Waals surface area contributed by atoms with Gasteiger partial charge in [0.2, 0.25) is 0 Å². The average molecular weight is 502 g/mol. The van der Waals surface area contributed by atoms with E-state index in [0.717, 1.165) is 0 Å². The summed E-state index contributed by atoms with van der Waals surface area (Å²) in [5.74, 6) is -1.84. The van der Waals surface area contributed by atoms with E-state index >= 15 is 0 Å². The van der Waals surface area contributed by atoms with Crippen molar-refractivity contribution in [3.05, 3.63) is 66.0 Å². The van der Waals surface area contributed by atoms with Crippen molar-refractivity contribution >= 4 is 17.6 Å². The van der Waals surface area contributed by atoms with Gasteiger partial charge in [-0.15, -0.1) is 0 Å². The number of aliphatic carboxylic acids is 1. The lowest BCUT2D eigenvalue weighted by atomic mass is 10.2. The van der Waals surface area contributed by atoms with Crippen LogP contribution in [0.3, 0.4) is 0 Å². The van der Waals surface area contributed by atoms with Crippen LogP contribution < -0.4 is 20.5 Å².